The molecule has 1 amide bonds. The minimum absolute atomic E-state index is 0.0183. The lowest BCUT2D eigenvalue weighted by molar-refractivity contribution is -0.119. The molecule has 1 aliphatic heterocycles. The number of sulfonamides is 2. The van der Waals surface area contributed by atoms with Gasteiger partial charge in [-0.1, -0.05) is 13.0 Å². The van der Waals surface area contributed by atoms with E-state index in [1.165, 1.54) is 37.3 Å². The summed E-state index contributed by atoms with van der Waals surface area (Å²) in [7, 11) is -7.39. The third kappa shape index (κ3) is 3.06. The summed E-state index contributed by atoms with van der Waals surface area (Å²) >= 11 is 0. The topological polar surface area (TPSA) is 101 Å². The van der Waals surface area contributed by atoms with Crippen LogP contribution >= 0.6 is 0 Å². The highest BCUT2D eigenvalue weighted by Gasteiger charge is 2.41. The maximum Gasteiger partial charge on any atom is 0.244 e. The van der Waals surface area contributed by atoms with Crippen LogP contribution in [0.5, 0.6) is 0 Å². The molecule has 1 aliphatic rings. The van der Waals surface area contributed by atoms with Gasteiger partial charge in [-0.15, -0.1) is 6.58 Å². The van der Waals surface area contributed by atoms with Gasteiger partial charge in [-0.25, -0.2) is 25.9 Å². The van der Waals surface area contributed by atoms with E-state index in [1.807, 2.05) is 0 Å². The summed E-state index contributed by atoms with van der Waals surface area (Å²) in [5.74, 6) is -1.37. The van der Waals surface area contributed by atoms with Gasteiger partial charge in [0.1, 0.15) is 0 Å². The van der Waals surface area contributed by atoms with E-state index in [9.17, 15) is 21.6 Å². The van der Waals surface area contributed by atoms with E-state index in [2.05, 4.69) is 11.3 Å². The number of nitrogens with one attached hydrogen (secondary N) is 1. The van der Waals surface area contributed by atoms with Crippen molar-refractivity contribution in [2.24, 2.45) is 5.92 Å². The molecule has 0 unspecified atom stereocenters. The summed E-state index contributed by atoms with van der Waals surface area (Å²) < 4.78 is 50.8. The van der Waals surface area contributed by atoms with E-state index in [-0.39, 0.29) is 22.9 Å². The molecule has 2 rings (SSSR count). The molecule has 120 valence electrons. The number of nitrogens with zero attached hydrogens (tertiary/aromatic N) is 1. The number of anilines is 1. The van der Waals surface area contributed by atoms with Crippen molar-refractivity contribution < 1.29 is 21.6 Å². The number of rotatable bonds is 5. The van der Waals surface area contributed by atoms with Crippen LogP contribution in [0.4, 0.5) is 5.69 Å². The minimum atomic E-state index is -3.70. The van der Waals surface area contributed by atoms with Crippen molar-refractivity contribution in [2.75, 3.05) is 16.6 Å². The van der Waals surface area contributed by atoms with Crippen LogP contribution in [-0.4, -0.2) is 35.0 Å². The molecule has 0 aliphatic carbocycles. The number of carbonyl (C=O) groups is 1. The summed E-state index contributed by atoms with van der Waals surface area (Å²) in [6.45, 7) is 5.04. The Morgan fingerprint density at radius 2 is 1.95 bits per heavy atom. The third-order valence-corrected chi connectivity index (χ3v) is 6.47. The second-order valence-corrected chi connectivity index (χ2v) is 8.55. The number of hydrogen-bond acceptors (Lipinski definition) is 5. The average molecular weight is 344 g/mol. The van der Waals surface area contributed by atoms with Gasteiger partial charge in [0, 0.05) is 6.54 Å². The van der Waals surface area contributed by atoms with Crippen LogP contribution in [0.15, 0.2) is 41.8 Å². The molecule has 1 fully saturated rings. The van der Waals surface area contributed by atoms with Crippen molar-refractivity contribution in [1.29, 1.82) is 0 Å². The maximum atomic E-state index is 12.0. The van der Waals surface area contributed by atoms with Crippen LogP contribution in [-0.2, 0) is 24.8 Å². The fourth-order valence-electron chi connectivity index (χ4n) is 2.10. The number of amides is 1. The second kappa shape index (κ2) is 5.82. The standard InChI is InChI=1S/C13H16N2O5S2/c1-3-8-14-22(19,20)12-6-4-11(5-7-12)15-13(16)10(2)9-21(15,17)18/h3-7,10,14H,1,8-9H2,2H3/t10-/m0/s1. The first kappa shape index (κ1) is 16.7. The van der Waals surface area contributed by atoms with Crippen molar-refractivity contribution in [3.05, 3.63) is 36.9 Å². The molecule has 0 bridgehead atoms. The molecule has 1 atom stereocenters. The quantitative estimate of drug-likeness (QED) is 0.782. The van der Waals surface area contributed by atoms with Gasteiger partial charge in [0.05, 0.1) is 22.3 Å². The lowest BCUT2D eigenvalue weighted by Gasteiger charge is -2.15. The lowest BCUT2D eigenvalue weighted by atomic mass is 10.2. The molecule has 0 aromatic heterocycles. The van der Waals surface area contributed by atoms with Crippen molar-refractivity contribution in [3.63, 3.8) is 0 Å². The predicted molar refractivity (Wildman–Crippen MR) is 82.3 cm³/mol. The molecule has 0 spiro atoms. The second-order valence-electron chi connectivity index (χ2n) is 4.92. The molecule has 1 heterocycles. The Bertz CT molecular complexity index is 797. The summed E-state index contributed by atoms with van der Waals surface area (Å²) in [4.78, 5) is 11.9. The smallest absolute Gasteiger partial charge is 0.244 e. The molecular weight excluding hydrogens is 328 g/mol. The average Bonchev–Trinajstić information content (AvgIpc) is 2.65. The first-order valence-electron chi connectivity index (χ1n) is 6.46. The van der Waals surface area contributed by atoms with Crippen LogP contribution in [0.3, 0.4) is 0 Å². The van der Waals surface area contributed by atoms with Crippen molar-refractivity contribution >= 4 is 31.6 Å². The summed E-state index contributed by atoms with van der Waals surface area (Å²) in [6, 6.07) is 5.12. The van der Waals surface area contributed by atoms with Crippen molar-refractivity contribution in [3.8, 4) is 0 Å². The van der Waals surface area contributed by atoms with E-state index in [0.717, 1.165) is 4.31 Å². The van der Waals surface area contributed by atoms with Gasteiger partial charge in [0.25, 0.3) is 0 Å². The summed E-state index contributed by atoms with van der Waals surface area (Å²) in [5, 5.41) is 0. The normalized spacial score (nSPS) is 21.0. The number of benzene rings is 1. The van der Waals surface area contributed by atoms with Crippen LogP contribution in [0.1, 0.15) is 6.92 Å². The Labute approximate surface area is 129 Å². The molecule has 1 aromatic carbocycles. The highest BCUT2D eigenvalue weighted by Crippen LogP contribution is 2.28. The molecule has 22 heavy (non-hydrogen) atoms. The highest BCUT2D eigenvalue weighted by molar-refractivity contribution is 7.94. The Morgan fingerprint density at radius 3 is 2.41 bits per heavy atom. The molecule has 0 saturated carbocycles. The van der Waals surface area contributed by atoms with E-state index in [0.29, 0.717) is 0 Å². The molecule has 0 radical (unpaired) electrons. The zero-order valence-electron chi connectivity index (χ0n) is 11.9. The Kier molecular flexibility index (Phi) is 4.41. The van der Waals surface area contributed by atoms with Crippen LogP contribution in [0, 0.1) is 5.92 Å². The molecular formula is C13H16N2O5S2. The third-order valence-electron chi connectivity index (χ3n) is 3.16. The maximum absolute atomic E-state index is 12.0. The predicted octanol–water partition coefficient (Wildman–Crippen LogP) is 0.463. The van der Waals surface area contributed by atoms with Gasteiger partial charge in [-0.05, 0) is 24.3 Å². The van der Waals surface area contributed by atoms with E-state index >= 15 is 0 Å². The first-order valence-corrected chi connectivity index (χ1v) is 9.56. The summed E-state index contributed by atoms with van der Waals surface area (Å²) in [5.41, 5.74) is 0.136. The van der Waals surface area contributed by atoms with E-state index in [4.69, 9.17) is 0 Å². The van der Waals surface area contributed by atoms with Gasteiger partial charge >= 0.3 is 0 Å². The molecule has 9 heteroatoms. The largest absolute Gasteiger partial charge is 0.273 e. The Morgan fingerprint density at radius 1 is 1.36 bits per heavy atom. The number of carbonyl (C=O) groups excluding carboxylic acids is 1. The molecule has 1 N–H and O–H groups in total. The van der Waals surface area contributed by atoms with E-state index < -0.39 is 31.9 Å². The van der Waals surface area contributed by atoms with Gasteiger partial charge in [-0.2, -0.15) is 0 Å². The number of hydrogen-bond donors (Lipinski definition) is 1. The van der Waals surface area contributed by atoms with Crippen LogP contribution < -0.4 is 9.03 Å². The summed E-state index contributed by atoms with van der Waals surface area (Å²) in [6.07, 6.45) is 1.41. The highest BCUT2D eigenvalue weighted by atomic mass is 32.2. The molecule has 1 aromatic rings. The fraction of sp³-hybridized carbons (Fsp3) is 0.308. The zero-order chi connectivity index (χ0) is 16.5. The lowest BCUT2D eigenvalue weighted by Crippen LogP contribution is -2.30. The monoisotopic (exact) mass is 344 g/mol. The van der Waals surface area contributed by atoms with Gasteiger partial charge in [-0.3, -0.25) is 4.79 Å². The van der Waals surface area contributed by atoms with Crippen molar-refractivity contribution in [1.82, 2.24) is 4.72 Å². The van der Waals surface area contributed by atoms with Crippen molar-refractivity contribution in [2.45, 2.75) is 11.8 Å². The molecule has 1 saturated heterocycles. The van der Waals surface area contributed by atoms with Gasteiger partial charge in [0.2, 0.25) is 26.0 Å². The Hall–Kier alpha value is -1.71. The fourth-order valence-corrected chi connectivity index (χ4v) is 4.92. The zero-order valence-corrected chi connectivity index (χ0v) is 13.5. The van der Waals surface area contributed by atoms with E-state index in [1.54, 1.807) is 0 Å². The van der Waals surface area contributed by atoms with Gasteiger partial charge in [0.15, 0.2) is 0 Å². The van der Waals surface area contributed by atoms with Gasteiger partial charge < -0.3 is 0 Å². The van der Waals surface area contributed by atoms with Crippen LogP contribution in [0.25, 0.3) is 0 Å². The first-order chi connectivity index (χ1) is 10.2. The minimum Gasteiger partial charge on any atom is -0.273 e. The SMILES string of the molecule is C=CCNS(=O)(=O)c1ccc(N2C(=O)[C@@H](C)CS2(=O)=O)cc1. The molecule has 7 nitrogen and oxygen atoms in total. The van der Waals surface area contributed by atoms with Crippen LogP contribution in [0.2, 0.25) is 0 Å². The Balaban J connectivity index is 2.34.